The number of anilines is 3. The first-order chi connectivity index (χ1) is 30.3. The number of hydrogen-bond acceptors (Lipinski definition) is 2. The number of aromatic nitrogens is 1. The molecule has 0 atom stereocenters. The summed E-state index contributed by atoms with van der Waals surface area (Å²) < 4.78 is 9.19. The summed E-state index contributed by atoms with van der Waals surface area (Å²) in [6.45, 7) is 0. The molecule has 0 fully saturated rings. The maximum absolute atomic E-state index is 6.74. The lowest BCUT2D eigenvalue weighted by molar-refractivity contribution is 0.669. The van der Waals surface area contributed by atoms with E-state index >= 15 is 0 Å². The summed E-state index contributed by atoms with van der Waals surface area (Å²) in [5.41, 5.74) is 15.4. The van der Waals surface area contributed by atoms with Crippen molar-refractivity contribution in [1.82, 2.24) is 4.57 Å². The van der Waals surface area contributed by atoms with Crippen LogP contribution in [-0.2, 0) is 0 Å². The zero-order valence-electron chi connectivity index (χ0n) is 33.2. The SMILES string of the molecule is c1ccc(-c2ccc(-c3cccc4c5c(-c6ccccc6)c6c(cc5n(-c5ccc(N(c7ccccc7)c7ccc8ccccc8c7)cc5)c34)oc3ccccc36)cc2)cc1. The highest BCUT2D eigenvalue weighted by Crippen LogP contribution is 2.48. The van der Waals surface area contributed by atoms with Crippen LogP contribution in [0.15, 0.2) is 235 Å². The molecule has 0 radical (unpaired) electrons. The van der Waals surface area contributed by atoms with Gasteiger partial charge in [0.25, 0.3) is 0 Å². The van der Waals surface area contributed by atoms with E-state index in [-0.39, 0.29) is 0 Å². The Morgan fingerprint density at radius 1 is 0.361 bits per heavy atom. The Balaban J connectivity index is 1.12. The molecular formula is C58H38N2O. The molecule has 61 heavy (non-hydrogen) atoms. The molecular weight excluding hydrogens is 741 g/mol. The largest absolute Gasteiger partial charge is 0.456 e. The van der Waals surface area contributed by atoms with E-state index in [4.69, 9.17) is 4.42 Å². The van der Waals surface area contributed by atoms with Crippen LogP contribution in [0, 0.1) is 0 Å². The first-order valence-electron chi connectivity index (χ1n) is 20.8. The fourth-order valence-corrected chi connectivity index (χ4v) is 9.39. The Hall–Kier alpha value is -8.14. The Labute approximate surface area is 353 Å². The second-order valence-corrected chi connectivity index (χ2v) is 15.7. The monoisotopic (exact) mass is 778 g/mol. The third-order valence-electron chi connectivity index (χ3n) is 12.2. The van der Waals surface area contributed by atoms with Crippen LogP contribution >= 0.6 is 0 Å². The van der Waals surface area contributed by atoms with Crippen LogP contribution in [0.4, 0.5) is 17.1 Å². The number of benzene rings is 10. The van der Waals surface area contributed by atoms with Crippen LogP contribution in [0.25, 0.3) is 93.6 Å². The molecule has 0 aliphatic heterocycles. The number of furan rings is 1. The van der Waals surface area contributed by atoms with Crippen molar-refractivity contribution in [1.29, 1.82) is 0 Å². The van der Waals surface area contributed by atoms with E-state index in [1.807, 2.05) is 0 Å². The predicted molar refractivity (Wildman–Crippen MR) is 257 cm³/mol. The Kier molecular flexibility index (Phi) is 8.17. The Morgan fingerprint density at radius 3 is 1.72 bits per heavy atom. The average molecular weight is 779 g/mol. The highest BCUT2D eigenvalue weighted by molar-refractivity contribution is 6.28. The molecule has 3 heteroatoms. The van der Waals surface area contributed by atoms with Crippen molar-refractivity contribution in [3.05, 3.63) is 231 Å². The van der Waals surface area contributed by atoms with Gasteiger partial charge < -0.3 is 13.9 Å². The predicted octanol–water partition coefficient (Wildman–Crippen LogP) is 16.3. The van der Waals surface area contributed by atoms with E-state index < -0.39 is 0 Å². The molecule has 0 saturated heterocycles. The van der Waals surface area contributed by atoms with Gasteiger partial charge in [-0.05, 0) is 87.6 Å². The van der Waals surface area contributed by atoms with Gasteiger partial charge in [0, 0.05) is 61.5 Å². The number of hydrogen-bond donors (Lipinski definition) is 0. The summed E-state index contributed by atoms with van der Waals surface area (Å²) >= 11 is 0. The highest BCUT2D eigenvalue weighted by atomic mass is 16.3. The van der Waals surface area contributed by atoms with E-state index in [1.165, 1.54) is 43.8 Å². The van der Waals surface area contributed by atoms with Gasteiger partial charge in [0.15, 0.2) is 0 Å². The number of para-hydroxylation sites is 3. The van der Waals surface area contributed by atoms with Gasteiger partial charge >= 0.3 is 0 Å². The lowest BCUT2D eigenvalue weighted by Crippen LogP contribution is -2.10. The molecule has 0 bridgehead atoms. The number of rotatable bonds is 7. The summed E-state index contributed by atoms with van der Waals surface area (Å²) in [6.07, 6.45) is 0. The van der Waals surface area contributed by atoms with Gasteiger partial charge in [-0.25, -0.2) is 0 Å². The summed E-state index contributed by atoms with van der Waals surface area (Å²) in [6, 6.07) is 82.8. The van der Waals surface area contributed by atoms with Crippen LogP contribution < -0.4 is 4.90 Å². The molecule has 12 rings (SSSR count). The fraction of sp³-hybridized carbons (Fsp3) is 0. The topological polar surface area (TPSA) is 21.3 Å². The first kappa shape index (κ1) is 34.9. The van der Waals surface area contributed by atoms with E-state index in [0.717, 1.165) is 66.8 Å². The zero-order valence-corrected chi connectivity index (χ0v) is 33.2. The smallest absolute Gasteiger partial charge is 0.138 e. The minimum Gasteiger partial charge on any atom is -0.456 e. The molecule has 2 heterocycles. The minimum absolute atomic E-state index is 0.869. The second kappa shape index (κ2) is 14.3. The van der Waals surface area contributed by atoms with Crippen molar-refractivity contribution in [3.8, 4) is 39.1 Å². The summed E-state index contributed by atoms with van der Waals surface area (Å²) in [7, 11) is 0. The molecule has 10 aromatic carbocycles. The molecule has 0 amide bonds. The van der Waals surface area contributed by atoms with Crippen molar-refractivity contribution in [2.24, 2.45) is 0 Å². The quantitative estimate of drug-likeness (QED) is 0.161. The van der Waals surface area contributed by atoms with Gasteiger partial charge in [0.2, 0.25) is 0 Å². The lowest BCUT2D eigenvalue weighted by Gasteiger charge is -2.26. The van der Waals surface area contributed by atoms with E-state index in [0.29, 0.717) is 0 Å². The molecule has 0 spiro atoms. The molecule has 286 valence electrons. The van der Waals surface area contributed by atoms with Gasteiger partial charge in [-0.3, -0.25) is 0 Å². The van der Waals surface area contributed by atoms with E-state index in [9.17, 15) is 0 Å². The van der Waals surface area contributed by atoms with Gasteiger partial charge in [0.1, 0.15) is 11.2 Å². The molecule has 3 nitrogen and oxygen atoms in total. The second-order valence-electron chi connectivity index (χ2n) is 15.7. The molecule has 0 saturated carbocycles. The number of fused-ring (bicyclic) bond motifs is 7. The normalized spacial score (nSPS) is 11.6. The summed E-state index contributed by atoms with van der Waals surface area (Å²) in [5.74, 6) is 0. The van der Waals surface area contributed by atoms with Crippen LogP contribution in [-0.4, -0.2) is 4.57 Å². The molecule has 0 aliphatic carbocycles. The molecule has 2 aromatic heterocycles. The first-order valence-corrected chi connectivity index (χ1v) is 20.8. The van der Waals surface area contributed by atoms with Gasteiger partial charge in [-0.1, -0.05) is 170 Å². The van der Waals surface area contributed by atoms with E-state index in [2.05, 4.69) is 240 Å². The van der Waals surface area contributed by atoms with Crippen LogP contribution in [0.3, 0.4) is 0 Å². The minimum atomic E-state index is 0.869. The van der Waals surface area contributed by atoms with Crippen LogP contribution in [0.2, 0.25) is 0 Å². The van der Waals surface area contributed by atoms with Gasteiger partial charge in [-0.15, -0.1) is 0 Å². The number of nitrogens with zero attached hydrogens (tertiary/aromatic N) is 2. The third kappa shape index (κ3) is 5.82. The Bertz CT molecular complexity index is 3550. The zero-order chi connectivity index (χ0) is 40.3. The van der Waals surface area contributed by atoms with Crippen molar-refractivity contribution in [2.75, 3.05) is 4.90 Å². The van der Waals surface area contributed by atoms with Crippen LogP contribution in [0.1, 0.15) is 0 Å². The van der Waals surface area contributed by atoms with Crippen LogP contribution in [0.5, 0.6) is 0 Å². The van der Waals surface area contributed by atoms with Gasteiger partial charge in [-0.2, -0.15) is 0 Å². The van der Waals surface area contributed by atoms with Gasteiger partial charge in [0.05, 0.1) is 11.0 Å². The highest BCUT2D eigenvalue weighted by Gasteiger charge is 2.25. The molecule has 0 unspecified atom stereocenters. The molecule has 0 N–H and O–H groups in total. The third-order valence-corrected chi connectivity index (χ3v) is 12.2. The summed E-state index contributed by atoms with van der Waals surface area (Å²) in [4.78, 5) is 2.34. The maximum Gasteiger partial charge on any atom is 0.138 e. The van der Waals surface area contributed by atoms with Crippen molar-refractivity contribution in [2.45, 2.75) is 0 Å². The maximum atomic E-state index is 6.74. The Morgan fingerprint density at radius 2 is 0.951 bits per heavy atom. The molecule has 0 aliphatic rings. The fourth-order valence-electron chi connectivity index (χ4n) is 9.39. The average Bonchev–Trinajstić information content (AvgIpc) is 3.87. The summed E-state index contributed by atoms with van der Waals surface area (Å²) in [5, 5.41) is 7.07. The standard InChI is InChI=1S/C58H38N2O/c1-4-15-39(16-5-1)41-27-29-42(30-28-41)49-24-14-25-51-56-52(38-54-57(50-23-12-13-26-53(50)61-54)55(56)43-18-6-2-7-19-43)60(58(49)51)47-35-33-46(34-36-47)59(45-21-8-3-9-22-45)48-32-31-40-17-10-11-20-44(40)37-48/h1-38H. The molecule has 12 aromatic rings. The van der Waals surface area contributed by atoms with Crippen molar-refractivity contribution in [3.63, 3.8) is 0 Å². The lowest BCUT2D eigenvalue weighted by atomic mass is 9.93. The van der Waals surface area contributed by atoms with E-state index in [1.54, 1.807) is 0 Å². The van der Waals surface area contributed by atoms with Crippen molar-refractivity contribution >= 4 is 71.6 Å². The van der Waals surface area contributed by atoms with Crippen molar-refractivity contribution < 1.29 is 4.42 Å².